The van der Waals surface area contributed by atoms with Gasteiger partial charge in [0.05, 0.1) is 0 Å². The average Bonchev–Trinajstić information content (AvgIpc) is 2.96. The quantitative estimate of drug-likeness (QED) is 0.566. The molecule has 0 aliphatic heterocycles. The lowest BCUT2D eigenvalue weighted by molar-refractivity contribution is 0.345. The molecule has 0 radical (unpaired) electrons. The third-order valence-corrected chi connectivity index (χ3v) is 4.07. The van der Waals surface area contributed by atoms with Crippen molar-refractivity contribution in [3.63, 3.8) is 0 Å². The first-order chi connectivity index (χ1) is 7.23. The smallest absolute Gasteiger partial charge is 0.0118 e. The highest BCUT2D eigenvalue weighted by atomic mass is 14.9. The lowest BCUT2D eigenvalue weighted by Gasteiger charge is -2.22. The van der Waals surface area contributed by atoms with Crippen molar-refractivity contribution >= 4 is 0 Å². The summed E-state index contributed by atoms with van der Waals surface area (Å²) < 4.78 is 0. The normalized spacial score (nSPS) is 20.2. The zero-order valence-corrected chi connectivity index (χ0v) is 10.9. The van der Waals surface area contributed by atoms with Crippen LogP contribution in [0.15, 0.2) is 0 Å². The van der Waals surface area contributed by atoms with Crippen LogP contribution in [0.3, 0.4) is 0 Å². The first kappa shape index (κ1) is 13.0. The molecule has 15 heavy (non-hydrogen) atoms. The number of hydrogen-bond donors (Lipinski definition) is 1. The molecule has 1 nitrogen and oxygen atoms in total. The summed E-state index contributed by atoms with van der Waals surface area (Å²) in [6, 6.07) is 0.781. The van der Waals surface area contributed by atoms with Gasteiger partial charge in [0.25, 0.3) is 0 Å². The van der Waals surface area contributed by atoms with Gasteiger partial charge in [-0.2, -0.15) is 0 Å². The summed E-state index contributed by atoms with van der Waals surface area (Å²) in [6.45, 7) is 4.72. The maximum atomic E-state index is 3.51. The lowest BCUT2D eigenvalue weighted by Crippen LogP contribution is -2.33. The summed E-state index contributed by atoms with van der Waals surface area (Å²) in [6.07, 6.45) is 12.8. The molecule has 1 unspecified atom stereocenters. The van der Waals surface area contributed by atoms with E-state index in [1.807, 2.05) is 0 Å². The van der Waals surface area contributed by atoms with E-state index in [0.717, 1.165) is 6.04 Å². The maximum Gasteiger partial charge on any atom is 0.0118 e. The first-order valence-corrected chi connectivity index (χ1v) is 6.90. The topological polar surface area (TPSA) is 12.0 Å². The van der Waals surface area contributed by atoms with Crippen molar-refractivity contribution in [2.45, 2.75) is 77.7 Å². The second-order valence-corrected chi connectivity index (χ2v) is 5.55. The molecule has 1 atom stereocenters. The molecule has 0 aromatic carbocycles. The van der Waals surface area contributed by atoms with Crippen LogP contribution in [0, 0.1) is 5.41 Å². The van der Waals surface area contributed by atoms with Crippen LogP contribution >= 0.6 is 0 Å². The van der Waals surface area contributed by atoms with Gasteiger partial charge in [-0.25, -0.2) is 0 Å². The molecule has 0 bridgehead atoms. The molecule has 1 rings (SSSR count). The Balaban J connectivity index is 1.98. The van der Waals surface area contributed by atoms with Crippen LogP contribution in [0.4, 0.5) is 0 Å². The second-order valence-electron chi connectivity index (χ2n) is 5.55. The molecular weight excluding hydrogens is 182 g/mol. The van der Waals surface area contributed by atoms with Gasteiger partial charge in [-0.15, -0.1) is 0 Å². The van der Waals surface area contributed by atoms with Gasteiger partial charge in [-0.3, -0.25) is 0 Å². The Morgan fingerprint density at radius 3 is 2.20 bits per heavy atom. The minimum Gasteiger partial charge on any atom is -0.316 e. The Labute approximate surface area is 96.0 Å². The standard InChI is InChI=1S/C14H29N/c1-4-5-6-7-8-9-10-13(15-3)14(2)11-12-14/h13,15H,4-12H2,1-3H3. The molecule has 0 aromatic heterocycles. The molecule has 1 heteroatoms. The molecule has 1 N–H and O–H groups in total. The number of hydrogen-bond acceptors (Lipinski definition) is 1. The largest absolute Gasteiger partial charge is 0.316 e. The van der Waals surface area contributed by atoms with Gasteiger partial charge in [0.15, 0.2) is 0 Å². The number of rotatable bonds is 9. The Hall–Kier alpha value is -0.0400. The second kappa shape index (κ2) is 6.52. The predicted octanol–water partition coefficient (Wildman–Crippen LogP) is 4.13. The van der Waals surface area contributed by atoms with Gasteiger partial charge in [-0.1, -0.05) is 52.4 Å². The summed E-state index contributed by atoms with van der Waals surface area (Å²) in [5.41, 5.74) is 0.651. The molecule has 1 aliphatic rings. The fourth-order valence-corrected chi connectivity index (χ4v) is 2.52. The highest BCUT2D eigenvalue weighted by molar-refractivity contribution is 4.97. The fourth-order valence-electron chi connectivity index (χ4n) is 2.52. The lowest BCUT2D eigenvalue weighted by atomic mass is 9.93. The van der Waals surface area contributed by atoms with E-state index < -0.39 is 0 Å². The zero-order valence-electron chi connectivity index (χ0n) is 10.9. The average molecular weight is 211 g/mol. The van der Waals surface area contributed by atoms with Gasteiger partial charge in [0.2, 0.25) is 0 Å². The van der Waals surface area contributed by atoms with Crippen molar-refractivity contribution in [2.24, 2.45) is 5.41 Å². The minimum atomic E-state index is 0.651. The third kappa shape index (κ3) is 4.55. The summed E-state index contributed by atoms with van der Waals surface area (Å²) in [4.78, 5) is 0. The van der Waals surface area contributed by atoms with Crippen LogP contribution in [0.25, 0.3) is 0 Å². The van der Waals surface area contributed by atoms with Gasteiger partial charge >= 0.3 is 0 Å². The SMILES string of the molecule is CCCCCCCCC(NC)C1(C)CC1. The highest BCUT2D eigenvalue weighted by Gasteiger charge is 2.43. The first-order valence-electron chi connectivity index (χ1n) is 6.90. The Morgan fingerprint density at radius 1 is 1.07 bits per heavy atom. The monoisotopic (exact) mass is 211 g/mol. The van der Waals surface area contributed by atoms with Crippen molar-refractivity contribution < 1.29 is 0 Å². The van der Waals surface area contributed by atoms with Crippen molar-refractivity contribution in [1.29, 1.82) is 0 Å². The number of nitrogens with one attached hydrogen (secondary N) is 1. The highest BCUT2D eigenvalue weighted by Crippen LogP contribution is 2.49. The fraction of sp³-hybridized carbons (Fsp3) is 1.00. The molecule has 0 heterocycles. The van der Waals surface area contributed by atoms with Crippen LogP contribution in [0.2, 0.25) is 0 Å². The molecule has 90 valence electrons. The van der Waals surface area contributed by atoms with Crippen molar-refractivity contribution in [1.82, 2.24) is 5.32 Å². The molecule has 0 amide bonds. The van der Waals surface area contributed by atoms with E-state index in [2.05, 4.69) is 26.2 Å². The molecule has 1 saturated carbocycles. The van der Waals surface area contributed by atoms with Crippen molar-refractivity contribution in [3.05, 3.63) is 0 Å². The van der Waals surface area contributed by atoms with Gasteiger partial charge in [0.1, 0.15) is 0 Å². The molecule has 0 spiro atoms. The maximum absolute atomic E-state index is 3.51. The molecule has 1 aliphatic carbocycles. The van der Waals surface area contributed by atoms with Crippen LogP contribution in [0.5, 0.6) is 0 Å². The van der Waals surface area contributed by atoms with Crippen LogP contribution < -0.4 is 5.32 Å². The van der Waals surface area contributed by atoms with Crippen LogP contribution in [0.1, 0.15) is 71.6 Å². The summed E-state index contributed by atoms with van der Waals surface area (Å²) in [5.74, 6) is 0. The van der Waals surface area contributed by atoms with E-state index in [-0.39, 0.29) is 0 Å². The summed E-state index contributed by atoms with van der Waals surface area (Å²) >= 11 is 0. The Morgan fingerprint density at radius 2 is 1.67 bits per heavy atom. The predicted molar refractivity (Wildman–Crippen MR) is 68.2 cm³/mol. The Kier molecular flexibility index (Phi) is 5.66. The third-order valence-electron chi connectivity index (χ3n) is 4.07. The van der Waals surface area contributed by atoms with E-state index in [1.165, 1.54) is 57.8 Å². The van der Waals surface area contributed by atoms with Crippen molar-refractivity contribution in [2.75, 3.05) is 7.05 Å². The van der Waals surface area contributed by atoms with Crippen molar-refractivity contribution in [3.8, 4) is 0 Å². The molecule has 0 saturated heterocycles. The molecule has 1 fully saturated rings. The molecular formula is C14H29N. The van der Waals surface area contributed by atoms with E-state index in [1.54, 1.807) is 0 Å². The van der Waals surface area contributed by atoms with Crippen LogP contribution in [-0.4, -0.2) is 13.1 Å². The van der Waals surface area contributed by atoms with E-state index in [9.17, 15) is 0 Å². The minimum absolute atomic E-state index is 0.651. The van der Waals surface area contributed by atoms with Gasteiger partial charge in [-0.05, 0) is 31.7 Å². The Bertz CT molecular complexity index is 161. The van der Waals surface area contributed by atoms with E-state index in [0.29, 0.717) is 5.41 Å². The van der Waals surface area contributed by atoms with E-state index in [4.69, 9.17) is 0 Å². The van der Waals surface area contributed by atoms with Gasteiger partial charge < -0.3 is 5.32 Å². The molecule has 0 aromatic rings. The van der Waals surface area contributed by atoms with Crippen LogP contribution in [-0.2, 0) is 0 Å². The summed E-state index contributed by atoms with van der Waals surface area (Å²) in [7, 11) is 2.13. The number of unbranched alkanes of at least 4 members (excludes halogenated alkanes) is 5. The van der Waals surface area contributed by atoms with E-state index >= 15 is 0 Å². The summed E-state index contributed by atoms with van der Waals surface area (Å²) in [5, 5.41) is 3.51. The van der Waals surface area contributed by atoms with Gasteiger partial charge in [0, 0.05) is 6.04 Å². The zero-order chi connectivity index (χ0) is 11.1.